The van der Waals surface area contributed by atoms with Gasteiger partial charge in [0.25, 0.3) is 0 Å². The van der Waals surface area contributed by atoms with Crippen molar-refractivity contribution in [2.45, 2.75) is 50.8 Å². The summed E-state index contributed by atoms with van der Waals surface area (Å²) in [6.07, 6.45) is 6.90. The zero-order valence-electron chi connectivity index (χ0n) is 15.3. The molecule has 3 fully saturated rings. The molecule has 1 aromatic rings. The van der Waals surface area contributed by atoms with Gasteiger partial charge in [-0.15, -0.1) is 0 Å². The van der Waals surface area contributed by atoms with E-state index in [1.54, 1.807) is 7.11 Å². The van der Waals surface area contributed by atoms with Gasteiger partial charge >= 0.3 is 0 Å². The molecule has 2 N–H and O–H groups in total. The molecule has 2 saturated carbocycles. The lowest BCUT2D eigenvalue weighted by atomic mass is 9.54. The molecule has 5 heteroatoms. The maximum Gasteiger partial charge on any atom is 0.191 e. The van der Waals surface area contributed by atoms with E-state index in [0.717, 1.165) is 24.9 Å². The Labute approximate surface area is 150 Å². The van der Waals surface area contributed by atoms with Gasteiger partial charge in [0, 0.05) is 37.6 Å². The highest BCUT2D eigenvalue weighted by molar-refractivity contribution is 5.80. The van der Waals surface area contributed by atoms with E-state index in [-0.39, 0.29) is 0 Å². The van der Waals surface area contributed by atoms with Crippen LogP contribution in [0.2, 0.25) is 0 Å². The van der Waals surface area contributed by atoms with Gasteiger partial charge < -0.3 is 20.1 Å². The van der Waals surface area contributed by atoms with Crippen molar-refractivity contribution in [2.24, 2.45) is 16.3 Å². The fraction of sp³-hybridized carbons (Fsp3) is 0.650. The highest BCUT2D eigenvalue weighted by Gasteiger charge is 2.65. The molecule has 3 unspecified atom stereocenters. The number of ether oxygens (including phenoxy) is 2. The Morgan fingerprint density at radius 2 is 2.20 bits per heavy atom. The zero-order chi connectivity index (χ0) is 17.3. The first-order valence-corrected chi connectivity index (χ1v) is 9.48. The van der Waals surface area contributed by atoms with Crippen molar-refractivity contribution in [3.8, 4) is 5.75 Å². The van der Waals surface area contributed by atoms with E-state index in [1.165, 1.54) is 37.7 Å². The van der Waals surface area contributed by atoms with Gasteiger partial charge in [0.2, 0.25) is 0 Å². The second-order valence-electron chi connectivity index (χ2n) is 7.58. The largest absolute Gasteiger partial charge is 0.497 e. The first kappa shape index (κ1) is 16.7. The number of hydrogen-bond acceptors (Lipinski definition) is 3. The molecule has 0 radical (unpaired) electrons. The Bertz CT molecular complexity index is 640. The van der Waals surface area contributed by atoms with Crippen molar-refractivity contribution in [3.05, 3.63) is 29.8 Å². The second-order valence-corrected chi connectivity index (χ2v) is 7.58. The third kappa shape index (κ3) is 2.88. The molecule has 3 aliphatic rings. The molecular formula is C20H29N3O2. The van der Waals surface area contributed by atoms with Gasteiger partial charge in [-0.2, -0.15) is 0 Å². The van der Waals surface area contributed by atoms with Crippen molar-refractivity contribution >= 4 is 5.96 Å². The third-order valence-electron chi connectivity index (χ3n) is 6.40. The van der Waals surface area contributed by atoms with Crippen molar-refractivity contribution in [1.82, 2.24) is 10.6 Å². The highest BCUT2D eigenvalue weighted by atomic mass is 16.5. The Kier molecular flexibility index (Phi) is 4.59. The second kappa shape index (κ2) is 6.87. The fourth-order valence-corrected chi connectivity index (χ4v) is 5.21. The van der Waals surface area contributed by atoms with E-state index in [1.807, 2.05) is 19.2 Å². The summed E-state index contributed by atoms with van der Waals surface area (Å²) in [7, 11) is 3.55. The van der Waals surface area contributed by atoms with Crippen LogP contribution in [0.4, 0.5) is 0 Å². The zero-order valence-corrected chi connectivity index (χ0v) is 15.3. The number of nitrogens with one attached hydrogen (secondary N) is 2. The molecule has 1 heterocycles. The van der Waals surface area contributed by atoms with Gasteiger partial charge in [-0.25, -0.2) is 0 Å². The Hall–Kier alpha value is -1.75. The van der Waals surface area contributed by atoms with Gasteiger partial charge in [0.05, 0.1) is 13.2 Å². The number of methoxy groups -OCH3 is 1. The summed E-state index contributed by atoms with van der Waals surface area (Å²) in [5.41, 5.74) is 1.53. The van der Waals surface area contributed by atoms with Crippen molar-refractivity contribution < 1.29 is 9.47 Å². The molecule has 4 rings (SSSR count). The van der Waals surface area contributed by atoms with E-state index in [2.05, 4.69) is 27.8 Å². The van der Waals surface area contributed by atoms with Crippen molar-refractivity contribution in [1.29, 1.82) is 0 Å². The summed E-state index contributed by atoms with van der Waals surface area (Å²) in [4.78, 5) is 4.46. The summed E-state index contributed by atoms with van der Waals surface area (Å²) in [6, 6.07) is 8.65. The SMILES string of the molecule is CN=C(NCc1cccc(OC)c1)NC1C2CCOC2C12CCCC2. The standard InChI is InChI=1S/C20H29N3O2/c1-21-19(22-13-14-6-5-7-15(12-14)24-2)23-17-16-8-11-25-18(16)20(17)9-3-4-10-20/h5-7,12,16-18H,3-4,8-11,13H2,1-2H3,(H2,21,22,23). The summed E-state index contributed by atoms with van der Waals surface area (Å²) in [5, 5.41) is 7.20. The summed E-state index contributed by atoms with van der Waals surface area (Å²) >= 11 is 0. The summed E-state index contributed by atoms with van der Waals surface area (Å²) in [5.74, 6) is 2.43. The van der Waals surface area contributed by atoms with Crippen LogP contribution < -0.4 is 15.4 Å². The molecule has 2 aliphatic carbocycles. The number of hydrogen-bond donors (Lipinski definition) is 2. The number of benzene rings is 1. The van der Waals surface area contributed by atoms with Gasteiger partial charge in [0.15, 0.2) is 5.96 Å². The van der Waals surface area contributed by atoms with Crippen LogP contribution in [0.1, 0.15) is 37.7 Å². The normalized spacial score (nSPS) is 30.0. The van der Waals surface area contributed by atoms with E-state index in [9.17, 15) is 0 Å². The summed E-state index contributed by atoms with van der Waals surface area (Å²) in [6.45, 7) is 1.66. The predicted octanol–water partition coefficient (Wildman–Crippen LogP) is 2.71. The van der Waals surface area contributed by atoms with Gasteiger partial charge in [-0.1, -0.05) is 25.0 Å². The van der Waals surface area contributed by atoms with Crippen molar-refractivity contribution in [2.75, 3.05) is 20.8 Å². The number of aliphatic imine (C=N–C) groups is 1. The minimum Gasteiger partial charge on any atom is -0.497 e. The third-order valence-corrected chi connectivity index (χ3v) is 6.40. The number of nitrogens with zero attached hydrogens (tertiary/aromatic N) is 1. The first-order valence-electron chi connectivity index (χ1n) is 9.48. The van der Waals surface area contributed by atoms with Crippen LogP contribution in [0.25, 0.3) is 0 Å². The summed E-state index contributed by atoms with van der Waals surface area (Å²) < 4.78 is 11.4. The van der Waals surface area contributed by atoms with Crippen LogP contribution in [-0.2, 0) is 11.3 Å². The lowest BCUT2D eigenvalue weighted by molar-refractivity contribution is -0.125. The van der Waals surface area contributed by atoms with Gasteiger partial charge in [0.1, 0.15) is 5.75 Å². The molecule has 25 heavy (non-hydrogen) atoms. The van der Waals surface area contributed by atoms with E-state index >= 15 is 0 Å². The van der Waals surface area contributed by atoms with E-state index in [4.69, 9.17) is 9.47 Å². The van der Waals surface area contributed by atoms with Gasteiger partial charge in [-0.05, 0) is 37.0 Å². The van der Waals surface area contributed by atoms with Crippen LogP contribution in [0.15, 0.2) is 29.3 Å². The van der Waals surface area contributed by atoms with Crippen LogP contribution in [0.3, 0.4) is 0 Å². The number of fused-ring (bicyclic) bond motifs is 2. The first-order chi connectivity index (χ1) is 12.3. The minimum atomic E-state index is 0.342. The number of guanidine groups is 1. The molecule has 0 aromatic heterocycles. The Morgan fingerprint density at radius 3 is 2.96 bits per heavy atom. The molecule has 136 valence electrons. The van der Waals surface area contributed by atoms with Gasteiger partial charge in [-0.3, -0.25) is 4.99 Å². The molecule has 1 aliphatic heterocycles. The quantitative estimate of drug-likeness (QED) is 0.652. The molecule has 0 amide bonds. The molecule has 0 bridgehead atoms. The van der Waals surface area contributed by atoms with E-state index in [0.29, 0.717) is 23.5 Å². The fourth-order valence-electron chi connectivity index (χ4n) is 5.21. The monoisotopic (exact) mass is 343 g/mol. The number of rotatable bonds is 4. The predicted molar refractivity (Wildman–Crippen MR) is 98.9 cm³/mol. The maximum atomic E-state index is 6.08. The topological polar surface area (TPSA) is 54.9 Å². The lowest BCUT2D eigenvalue weighted by Crippen LogP contribution is -2.69. The van der Waals surface area contributed by atoms with Crippen LogP contribution in [-0.4, -0.2) is 38.9 Å². The maximum absolute atomic E-state index is 6.08. The van der Waals surface area contributed by atoms with Crippen LogP contribution in [0, 0.1) is 11.3 Å². The molecule has 1 spiro atoms. The molecular weight excluding hydrogens is 314 g/mol. The average Bonchev–Trinajstić information content (AvgIpc) is 3.31. The van der Waals surface area contributed by atoms with E-state index < -0.39 is 0 Å². The van der Waals surface area contributed by atoms with Crippen LogP contribution in [0.5, 0.6) is 5.75 Å². The smallest absolute Gasteiger partial charge is 0.191 e. The lowest BCUT2D eigenvalue weighted by Gasteiger charge is -2.57. The highest BCUT2D eigenvalue weighted by Crippen LogP contribution is 2.60. The Morgan fingerprint density at radius 1 is 1.36 bits per heavy atom. The molecule has 5 nitrogen and oxygen atoms in total. The Balaban J connectivity index is 1.40. The average molecular weight is 343 g/mol. The molecule has 1 aromatic carbocycles. The molecule has 3 atom stereocenters. The minimum absolute atomic E-state index is 0.342. The van der Waals surface area contributed by atoms with Crippen molar-refractivity contribution in [3.63, 3.8) is 0 Å². The molecule has 1 saturated heterocycles. The van der Waals surface area contributed by atoms with Crippen LogP contribution >= 0.6 is 0 Å².